The van der Waals surface area contributed by atoms with Crippen LogP contribution in [0, 0.1) is 5.92 Å². The zero-order chi connectivity index (χ0) is 23.3. The predicted molar refractivity (Wildman–Crippen MR) is 135 cm³/mol. The molecule has 3 unspecified atom stereocenters. The Balaban J connectivity index is 1.25. The van der Waals surface area contributed by atoms with E-state index in [0.717, 1.165) is 50.2 Å². The van der Waals surface area contributed by atoms with Gasteiger partial charge in [0.25, 0.3) is 5.91 Å². The summed E-state index contributed by atoms with van der Waals surface area (Å²) in [5.41, 5.74) is 4.34. The highest BCUT2D eigenvalue weighted by Gasteiger charge is 2.26. The van der Waals surface area contributed by atoms with Crippen LogP contribution in [0.25, 0.3) is 5.57 Å². The van der Waals surface area contributed by atoms with E-state index in [-0.39, 0.29) is 18.1 Å². The lowest BCUT2D eigenvalue weighted by Crippen LogP contribution is -2.43. The lowest BCUT2D eigenvalue weighted by molar-refractivity contribution is -0.0418. The van der Waals surface area contributed by atoms with Gasteiger partial charge in [-0.15, -0.1) is 0 Å². The Hall–Kier alpha value is -2.63. The number of hydrogen-bond acceptors (Lipinski definition) is 4. The number of nitrogens with one attached hydrogen (secondary N) is 1. The van der Waals surface area contributed by atoms with Crippen molar-refractivity contribution in [1.82, 2.24) is 10.2 Å². The number of allylic oxidation sites excluding steroid dienone is 5. The van der Waals surface area contributed by atoms with E-state index in [9.17, 15) is 4.79 Å². The summed E-state index contributed by atoms with van der Waals surface area (Å²) in [7, 11) is 0. The van der Waals surface area contributed by atoms with E-state index in [1.165, 1.54) is 24.0 Å². The van der Waals surface area contributed by atoms with Crippen LogP contribution in [-0.2, 0) is 9.47 Å². The number of fused-ring (bicyclic) bond motifs is 1. The molecule has 3 atom stereocenters. The fourth-order valence-electron chi connectivity index (χ4n) is 5.23. The Bertz CT molecular complexity index is 999. The summed E-state index contributed by atoms with van der Waals surface area (Å²) in [5, 5.41) is 3.33. The quantitative estimate of drug-likeness (QED) is 0.630. The summed E-state index contributed by atoms with van der Waals surface area (Å²) < 4.78 is 11.6. The summed E-state index contributed by atoms with van der Waals surface area (Å²) in [6, 6.07) is 8.07. The average Bonchev–Trinajstić information content (AvgIpc) is 3.37. The van der Waals surface area contributed by atoms with Crippen LogP contribution in [0.4, 0.5) is 0 Å². The van der Waals surface area contributed by atoms with Gasteiger partial charge in [-0.3, -0.25) is 4.79 Å². The van der Waals surface area contributed by atoms with Crippen molar-refractivity contribution < 1.29 is 14.3 Å². The Morgan fingerprint density at radius 3 is 2.71 bits per heavy atom. The Labute approximate surface area is 203 Å². The maximum atomic E-state index is 13.2. The van der Waals surface area contributed by atoms with Gasteiger partial charge in [-0.2, -0.15) is 0 Å². The number of likely N-dealkylation sites (tertiary alicyclic amines) is 1. The molecule has 2 aliphatic heterocycles. The smallest absolute Gasteiger partial charge is 0.251 e. The molecule has 5 nitrogen and oxygen atoms in total. The monoisotopic (exact) mass is 460 g/mol. The minimum absolute atomic E-state index is 0.00303. The van der Waals surface area contributed by atoms with Gasteiger partial charge >= 0.3 is 0 Å². The molecule has 0 saturated carbocycles. The van der Waals surface area contributed by atoms with Crippen LogP contribution < -0.4 is 5.32 Å². The molecule has 2 aliphatic carbocycles. The minimum atomic E-state index is -0.00303. The van der Waals surface area contributed by atoms with E-state index in [1.54, 1.807) is 0 Å². The van der Waals surface area contributed by atoms with Crippen LogP contribution in [0.5, 0.6) is 0 Å². The number of ether oxygens (including phenoxy) is 2. The average molecular weight is 461 g/mol. The molecule has 1 amide bonds. The lowest BCUT2D eigenvalue weighted by atomic mass is 9.94. The van der Waals surface area contributed by atoms with Gasteiger partial charge in [0.2, 0.25) is 0 Å². The normalized spacial score (nSPS) is 25.5. The Kier molecular flexibility index (Phi) is 7.31. The van der Waals surface area contributed by atoms with Crippen LogP contribution in [-0.4, -0.2) is 55.8 Å². The minimum Gasteiger partial charge on any atom is -0.493 e. The molecule has 34 heavy (non-hydrogen) atoms. The second-order valence-corrected chi connectivity index (χ2v) is 9.96. The molecule has 0 bridgehead atoms. The first kappa shape index (κ1) is 23.1. The summed E-state index contributed by atoms with van der Waals surface area (Å²) in [6.45, 7) is 6.60. The van der Waals surface area contributed by atoms with Crippen LogP contribution in [0.2, 0.25) is 0 Å². The molecule has 1 aromatic carbocycles. The second-order valence-electron chi connectivity index (χ2n) is 9.96. The van der Waals surface area contributed by atoms with Crippen LogP contribution in [0.1, 0.15) is 54.9 Å². The summed E-state index contributed by atoms with van der Waals surface area (Å²) in [4.78, 5) is 15.7. The molecule has 2 fully saturated rings. The highest BCUT2D eigenvalue weighted by Crippen LogP contribution is 2.27. The van der Waals surface area contributed by atoms with Crippen molar-refractivity contribution >= 4 is 11.5 Å². The highest BCUT2D eigenvalue weighted by atomic mass is 16.6. The molecule has 4 aliphatic rings. The summed E-state index contributed by atoms with van der Waals surface area (Å²) >= 11 is 0. The molecule has 5 heteroatoms. The largest absolute Gasteiger partial charge is 0.493 e. The first-order chi connectivity index (χ1) is 16.6. The number of carbonyl (C=O) groups is 1. The Morgan fingerprint density at radius 2 is 1.94 bits per heavy atom. The van der Waals surface area contributed by atoms with Crippen LogP contribution >= 0.6 is 0 Å². The van der Waals surface area contributed by atoms with E-state index in [2.05, 4.69) is 59.7 Å². The standard InChI is InChI=1S/C29H36N2O3/c1-21-4-7-23(8-5-21)24-9-11-25(12-10-24)29(32)30-26(20-31-14-2-3-15-31)18-22-6-13-27-28(19-22)34-17-16-33-27/h4,6-12,19,21,26-27H,2-3,5,13-18,20H2,1H3,(H,30,32). The molecular weight excluding hydrogens is 424 g/mol. The zero-order valence-corrected chi connectivity index (χ0v) is 20.2. The Morgan fingerprint density at radius 1 is 1.12 bits per heavy atom. The van der Waals surface area contributed by atoms with Crippen LogP contribution in [0.15, 0.2) is 66.0 Å². The number of hydrogen-bond donors (Lipinski definition) is 1. The molecule has 180 valence electrons. The molecule has 0 radical (unpaired) electrons. The van der Waals surface area contributed by atoms with Crippen LogP contribution in [0.3, 0.4) is 0 Å². The van der Waals surface area contributed by atoms with E-state index in [0.29, 0.717) is 24.7 Å². The molecule has 2 heterocycles. The third-order valence-electron chi connectivity index (χ3n) is 7.20. The topological polar surface area (TPSA) is 50.8 Å². The van der Waals surface area contributed by atoms with E-state index in [1.807, 2.05) is 12.1 Å². The second kappa shape index (κ2) is 10.7. The molecule has 2 saturated heterocycles. The molecule has 1 aromatic rings. The van der Waals surface area contributed by atoms with Crippen molar-refractivity contribution in [2.45, 2.75) is 51.2 Å². The van der Waals surface area contributed by atoms with Crippen molar-refractivity contribution in [2.24, 2.45) is 5.92 Å². The van der Waals surface area contributed by atoms with Gasteiger partial charge in [0.05, 0.1) is 6.61 Å². The fourth-order valence-corrected chi connectivity index (χ4v) is 5.23. The van der Waals surface area contributed by atoms with Crippen molar-refractivity contribution in [3.63, 3.8) is 0 Å². The van der Waals surface area contributed by atoms with Gasteiger partial charge in [0, 0.05) is 18.2 Å². The first-order valence-electron chi connectivity index (χ1n) is 12.8. The maximum absolute atomic E-state index is 13.2. The molecule has 0 aromatic heterocycles. The SMILES string of the molecule is CC1C=CC(c2ccc(C(=O)NC(CC3=CCC4OCCOC4=C3)CN3CCCC3)cc2)=CC1. The van der Waals surface area contributed by atoms with Gasteiger partial charge < -0.3 is 19.7 Å². The summed E-state index contributed by atoms with van der Waals surface area (Å²) in [5.74, 6) is 1.53. The lowest BCUT2D eigenvalue weighted by Gasteiger charge is -2.30. The number of amides is 1. The number of nitrogens with zero attached hydrogens (tertiary/aromatic N) is 1. The van der Waals surface area contributed by atoms with Gasteiger partial charge in [-0.05, 0) is 86.0 Å². The van der Waals surface area contributed by atoms with E-state index < -0.39 is 0 Å². The van der Waals surface area contributed by atoms with E-state index in [4.69, 9.17) is 9.47 Å². The van der Waals surface area contributed by atoms with Gasteiger partial charge in [0.1, 0.15) is 18.5 Å². The fraction of sp³-hybridized carbons (Fsp3) is 0.483. The summed E-state index contributed by atoms with van der Waals surface area (Å²) in [6.07, 6.45) is 16.3. The van der Waals surface area contributed by atoms with E-state index >= 15 is 0 Å². The zero-order valence-electron chi connectivity index (χ0n) is 20.2. The van der Waals surface area contributed by atoms with Gasteiger partial charge in [-0.25, -0.2) is 0 Å². The molecule has 1 N–H and O–H groups in total. The molecular formula is C29H36N2O3. The van der Waals surface area contributed by atoms with Crippen molar-refractivity contribution in [3.05, 3.63) is 77.1 Å². The van der Waals surface area contributed by atoms with Gasteiger partial charge in [0.15, 0.2) is 0 Å². The van der Waals surface area contributed by atoms with Crippen molar-refractivity contribution in [3.8, 4) is 0 Å². The number of carbonyl (C=O) groups excluding carboxylic acids is 1. The van der Waals surface area contributed by atoms with Crippen molar-refractivity contribution in [1.29, 1.82) is 0 Å². The third-order valence-corrected chi connectivity index (χ3v) is 7.20. The number of rotatable bonds is 7. The third kappa shape index (κ3) is 5.70. The molecule has 5 rings (SSSR count). The number of benzene rings is 1. The first-order valence-corrected chi connectivity index (χ1v) is 12.8. The highest BCUT2D eigenvalue weighted by molar-refractivity contribution is 5.95. The molecule has 0 spiro atoms. The van der Waals surface area contributed by atoms with Gasteiger partial charge in [-0.1, -0.05) is 43.4 Å². The predicted octanol–water partition coefficient (Wildman–Crippen LogP) is 4.88. The van der Waals surface area contributed by atoms with Crippen molar-refractivity contribution in [2.75, 3.05) is 32.8 Å². The maximum Gasteiger partial charge on any atom is 0.251 e.